The largest absolute Gasteiger partial charge is 0.337 e. The highest BCUT2D eigenvalue weighted by Crippen LogP contribution is 2.18. The summed E-state index contributed by atoms with van der Waals surface area (Å²) in [4.78, 5) is 24.4. The summed E-state index contributed by atoms with van der Waals surface area (Å²) in [6, 6.07) is 7.63. The number of aromatic amines is 1. The highest BCUT2D eigenvalue weighted by atomic mass is 16.2. The molecule has 2 heterocycles. The number of aromatic nitrogens is 3. The maximum atomic E-state index is 13.1. The lowest BCUT2D eigenvalue weighted by Gasteiger charge is -2.35. The molecule has 2 aromatic rings. The normalized spacial score (nSPS) is 15.7. The summed E-state index contributed by atoms with van der Waals surface area (Å²) >= 11 is 0. The average Bonchev–Trinajstić information content (AvgIpc) is 3.17. The van der Waals surface area contributed by atoms with Crippen LogP contribution in [0.3, 0.4) is 0 Å². The van der Waals surface area contributed by atoms with Crippen molar-refractivity contribution in [2.75, 3.05) is 52.4 Å². The number of piperazine rings is 1. The van der Waals surface area contributed by atoms with Crippen LogP contribution in [0.1, 0.15) is 36.5 Å². The summed E-state index contributed by atoms with van der Waals surface area (Å²) in [6.07, 6.45) is 0.954. The van der Waals surface area contributed by atoms with Gasteiger partial charge in [-0.25, -0.2) is 4.98 Å². The van der Waals surface area contributed by atoms with Crippen molar-refractivity contribution < 1.29 is 4.79 Å². The number of hydrogen-bond donors (Lipinski definition) is 1. The lowest BCUT2D eigenvalue weighted by atomic mass is 10.1. The predicted octanol–water partition coefficient (Wildman–Crippen LogP) is 2.27. The van der Waals surface area contributed by atoms with E-state index in [1.54, 1.807) is 0 Å². The summed E-state index contributed by atoms with van der Waals surface area (Å²) < 4.78 is 0. The molecule has 1 aliphatic rings. The molecule has 0 atom stereocenters. The van der Waals surface area contributed by atoms with Gasteiger partial charge in [-0.1, -0.05) is 26.0 Å². The molecule has 0 spiro atoms. The van der Waals surface area contributed by atoms with Gasteiger partial charge in [-0.05, 0) is 32.0 Å². The van der Waals surface area contributed by atoms with Gasteiger partial charge in [-0.15, -0.1) is 0 Å². The third-order valence-corrected chi connectivity index (χ3v) is 5.34. The predicted molar refractivity (Wildman–Crippen MR) is 111 cm³/mol. The highest BCUT2D eigenvalue weighted by molar-refractivity contribution is 5.95. The van der Waals surface area contributed by atoms with Gasteiger partial charge in [0.2, 0.25) is 0 Å². The number of carbonyl (C=O) groups excluding carboxylic acids is 1. The van der Waals surface area contributed by atoms with Crippen molar-refractivity contribution in [3.63, 3.8) is 0 Å². The van der Waals surface area contributed by atoms with Crippen molar-refractivity contribution >= 4 is 5.91 Å². The molecular formula is C21H32N6O. The Kier molecular flexibility index (Phi) is 7.17. The Morgan fingerprint density at radius 1 is 1.14 bits per heavy atom. The number of nitrogens with zero attached hydrogens (tertiary/aromatic N) is 5. The summed E-state index contributed by atoms with van der Waals surface area (Å²) in [6.45, 7) is 14.2. The molecule has 3 rings (SSSR count). The van der Waals surface area contributed by atoms with Gasteiger partial charge in [0.15, 0.2) is 5.82 Å². The van der Waals surface area contributed by atoms with E-state index in [0.717, 1.165) is 70.2 Å². The van der Waals surface area contributed by atoms with Crippen LogP contribution in [-0.2, 0) is 0 Å². The third kappa shape index (κ3) is 5.17. The van der Waals surface area contributed by atoms with Gasteiger partial charge in [-0.3, -0.25) is 14.8 Å². The molecule has 1 N–H and O–H groups in total. The molecule has 28 heavy (non-hydrogen) atoms. The molecule has 0 bridgehead atoms. The van der Waals surface area contributed by atoms with E-state index in [-0.39, 0.29) is 5.91 Å². The highest BCUT2D eigenvalue weighted by Gasteiger charge is 2.20. The zero-order chi connectivity index (χ0) is 19.9. The fourth-order valence-corrected chi connectivity index (χ4v) is 3.62. The lowest BCUT2D eigenvalue weighted by molar-refractivity contribution is 0.0708. The molecule has 1 aromatic heterocycles. The molecule has 0 aliphatic carbocycles. The van der Waals surface area contributed by atoms with E-state index in [1.165, 1.54) is 0 Å². The van der Waals surface area contributed by atoms with Crippen molar-refractivity contribution in [2.45, 2.75) is 27.2 Å². The summed E-state index contributed by atoms with van der Waals surface area (Å²) in [5.74, 6) is 1.48. The maximum absolute atomic E-state index is 13.1. The Hall–Kier alpha value is -2.25. The van der Waals surface area contributed by atoms with Crippen LogP contribution in [0.5, 0.6) is 0 Å². The first-order chi connectivity index (χ1) is 13.6. The number of likely N-dealkylation sites (N-methyl/N-ethyl adjacent to an activating group) is 1. The van der Waals surface area contributed by atoms with Crippen molar-refractivity contribution in [1.29, 1.82) is 0 Å². The topological polar surface area (TPSA) is 68.4 Å². The number of nitrogens with one attached hydrogen (secondary N) is 1. The van der Waals surface area contributed by atoms with Gasteiger partial charge >= 0.3 is 0 Å². The van der Waals surface area contributed by atoms with Gasteiger partial charge < -0.3 is 9.80 Å². The second kappa shape index (κ2) is 9.80. The van der Waals surface area contributed by atoms with Crippen LogP contribution in [0.4, 0.5) is 0 Å². The fourth-order valence-electron chi connectivity index (χ4n) is 3.62. The Morgan fingerprint density at radius 2 is 1.89 bits per heavy atom. The van der Waals surface area contributed by atoms with Crippen molar-refractivity contribution in [3.05, 3.63) is 35.7 Å². The Bertz CT molecular complexity index is 766. The lowest BCUT2D eigenvalue weighted by Crippen LogP contribution is -2.48. The van der Waals surface area contributed by atoms with E-state index in [4.69, 9.17) is 0 Å². The molecule has 152 valence electrons. The van der Waals surface area contributed by atoms with E-state index in [1.807, 2.05) is 36.1 Å². The fraction of sp³-hybridized carbons (Fsp3) is 0.571. The van der Waals surface area contributed by atoms with Crippen LogP contribution in [0.15, 0.2) is 24.3 Å². The van der Waals surface area contributed by atoms with E-state index in [2.05, 4.69) is 38.8 Å². The molecule has 0 saturated carbocycles. The zero-order valence-corrected chi connectivity index (χ0v) is 17.3. The Morgan fingerprint density at radius 3 is 2.54 bits per heavy atom. The molecule has 0 radical (unpaired) electrons. The monoisotopic (exact) mass is 384 g/mol. The molecule has 1 saturated heterocycles. The Balaban J connectivity index is 1.64. The van der Waals surface area contributed by atoms with Crippen LogP contribution in [0.25, 0.3) is 11.4 Å². The van der Waals surface area contributed by atoms with E-state index in [9.17, 15) is 4.79 Å². The van der Waals surface area contributed by atoms with Crippen LogP contribution < -0.4 is 0 Å². The van der Waals surface area contributed by atoms with Crippen molar-refractivity contribution in [2.24, 2.45) is 0 Å². The minimum absolute atomic E-state index is 0.0863. The summed E-state index contributed by atoms with van der Waals surface area (Å²) in [5, 5.41) is 7.06. The number of hydrogen-bond acceptors (Lipinski definition) is 5. The number of benzene rings is 1. The first-order valence-corrected chi connectivity index (χ1v) is 10.3. The van der Waals surface area contributed by atoms with Gasteiger partial charge in [0.1, 0.15) is 5.82 Å². The number of H-pyrrole nitrogens is 1. The number of aryl methyl sites for hydroxylation is 1. The molecule has 1 amide bonds. The molecule has 7 heteroatoms. The van der Waals surface area contributed by atoms with E-state index < -0.39 is 0 Å². The second-order valence-electron chi connectivity index (χ2n) is 7.39. The van der Waals surface area contributed by atoms with Crippen LogP contribution in [0.2, 0.25) is 0 Å². The minimum Gasteiger partial charge on any atom is -0.337 e. The maximum Gasteiger partial charge on any atom is 0.253 e. The number of rotatable bonds is 8. The molecule has 1 aliphatic heterocycles. The van der Waals surface area contributed by atoms with E-state index >= 15 is 0 Å². The van der Waals surface area contributed by atoms with E-state index in [0.29, 0.717) is 11.4 Å². The summed E-state index contributed by atoms with van der Waals surface area (Å²) in [7, 11) is 0. The smallest absolute Gasteiger partial charge is 0.253 e. The standard InChI is InChI=1S/C21H32N6O/c1-4-9-27(15-14-26-12-10-25(5-2)11-13-26)21(28)19-8-6-7-18(16-19)20-22-17(3)23-24-20/h6-8,16H,4-5,9-15H2,1-3H3,(H,22,23,24). The molecule has 0 unspecified atom stereocenters. The van der Waals surface area contributed by atoms with Gasteiger partial charge in [-0.2, -0.15) is 5.10 Å². The zero-order valence-electron chi connectivity index (χ0n) is 17.3. The number of carbonyl (C=O) groups is 1. The van der Waals surface area contributed by atoms with Crippen molar-refractivity contribution in [3.8, 4) is 11.4 Å². The van der Waals surface area contributed by atoms with Crippen molar-refractivity contribution in [1.82, 2.24) is 29.9 Å². The van der Waals surface area contributed by atoms with Crippen LogP contribution in [0, 0.1) is 6.92 Å². The SMILES string of the molecule is CCCN(CCN1CCN(CC)CC1)C(=O)c1cccc(-c2n[nH]c(C)n2)c1. The van der Waals surface area contributed by atoms with Gasteiger partial charge in [0.25, 0.3) is 5.91 Å². The minimum atomic E-state index is 0.0863. The number of amides is 1. The average molecular weight is 385 g/mol. The molecular weight excluding hydrogens is 352 g/mol. The molecule has 7 nitrogen and oxygen atoms in total. The molecule has 1 fully saturated rings. The van der Waals surface area contributed by atoms with Gasteiger partial charge in [0.05, 0.1) is 0 Å². The Labute approximate surface area is 167 Å². The van der Waals surface area contributed by atoms with Crippen LogP contribution >= 0.6 is 0 Å². The van der Waals surface area contributed by atoms with Gasteiger partial charge in [0, 0.05) is 56.9 Å². The second-order valence-corrected chi connectivity index (χ2v) is 7.39. The molecule has 1 aromatic carbocycles. The first-order valence-electron chi connectivity index (χ1n) is 10.3. The summed E-state index contributed by atoms with van der Waals surface area (Å²) in [5.41, 5.74) is 1.56. The third-order valence-electron chi connectivity index (χ3n) is 5.34. The van der Waals surface area contributed by atoms with Crippen LogP contribution in [-0.4, -0.2) is 88.1 Å². The quantitative estimate of drug-likeness (QED) is 0.756. The first kappa shape index (κ1) is 20.5.